The van der Waals surface area contributed by atoms with Crippen LogP contribution in [0.2, 0.25) is 0 Å². The van der Waals surface area contributed by atoms with Gasteiger partial charge < -0.3 is 9.84 Å². The van der Waals surface area contributed by atoms with E-state index in [9.17, 15) is 5.11 Å². The Kier molecular flexibility index (Phi) is 2.97. The standard InChI is InChI=1S/C14H11NO2/c1-17-14-6-5-12(8-13(14)16)11-4-2-3-10(7-11)9-15/h2-8,16H,1H3. The van der Waals surface area contributed by atoms with Gasteiger partial charge in [-0.25, -0.2) is 0 Å². The first-order valence-electron chi connectivity index (χ1n) is 5.12. The van der Waals surface area contributed by atoms with Crippen molar-refractivity contribution in [2.75, 3.05) is 7.11 Å². The summed E-state index contributed by atoms with van der Waals surface area (Å²) >= 11 is 0. The number of ether oxygens (including phenoxy) is 1. The van der Waals surface area contributed by atoms with Crippen molar-refractivity contribution in [1.29, 1.82) is 5.26 Å². The second-order valence-electron chi connectivity index (χ2n) is 3.58. The number of nitriles is 1. The summed E-state index contributed by atoms with van der Waals surface area (Å²) in [5, 5.41) is 18.5. The van der Waals surface area contributed by atoms with Gasteiger partial charge in [-0.1, -0.05) is 18.2 Å². The van der Waals surface area contributed by atoms with Crippen molar-refractivity contribution >= 4 is 0 Å². The Morgan fingerprint density at radius 3 is 2.53 bits per heavy atom. The van der Waals surface area contributed by atoms with Crippen molar-refractivity contribution in [3.8, 4) is 28.7 Å². The van der Waals surface area contributed by atoms with Crippen LogP contribution in [0.15, 0.2) is 42.5 Å². The largest absolute Gasteiger partial charge is 0.504 e. The Hall–Kier alpha value is -2.47. The van der Waals surface area contributed by atoms with E-state index >= 15 is 0 Å². The fourth-order valence-electron chi connectivity index (χ4n) is 1.64. The van der Waals surface area contributed by atoms with Crippen LogP contribution >= 0.6 is 0 Å². The van der Waals surface area contributed by atoms with Crippen LogP contribution in [0.25, 0.3) is 11.1 Å². The summed E-state index contributed by atoms with van der Waals surface area (Å²) in [6.07, 6.45) is 0. The van der Waals surface area contributed by atoms with E-state index in [0.717, 1.165) is 11.1 Å². The molecule has 0 saturated carbocycles. The first kappa shape index (κ1) is 11.0. The molecule has 0 amide bonds. The number of phenolic OH excluding ortho intramolecular Hbond substituents is 1. The van der Waals surface area contributed by atoms with E-state index in [1.807, 2.05) is 18.2 Å². The monoisotopic (exact) mass is 225 g/mol. The molecule has 2 rings (SSSR count). The van der Waals surface area contributed by atoms with Gasteiger partial charge >= 0.3 is 0 Å². The fraction of sp³-hybridized carbons (Fsp3) is 0.0714. The Bertz CT molecular complexity index is 585. The van der Waals surface area contributed by atoms with Gasteiger partial charge in [0.1, 0.15) is 0 Å². The minimum absolute atomic E-state index is 0.0901. The summed E-state index contributed by atoms with van der Waals surface area (Å²) < 4.78 is 4.98. The Balaban J connectivity index is 2.46. The third-order valence-corrected chi connectivity index (χ3v) is 2.50. The van der Waals surface area contributed by atoms with Crippen molar-refractivity contribution in [2.45, 2.75) is 0 Å². The molecular weight excluding hydrogens is 214 g/mol. The minimum Gasteiger partial charge on any atom is -0.504 e. The molecule has 17 heavy (non-hydrogen) atoms. The van der Waals surface area contributed by atoms with Gasteiger partial charge in [0.15, 0.2) is 11.5 Å². The molecule has 0 aliphatic carbocycles. The smallest absolute Gasteiger partial charge is 0.160 e. The molecule has 0 fully saturated rings. The van der Waals surface area contributed by atoms with Crippen molar-refractivity contribution in [3.05, 3.63) is 48.0 Å². The molecule has 0 unspecified atom stereocenters. The number of rotatable bonds is 2. The highest BCUT2D eigenvalue weighted by molar-refractivity contribution is 5.68. The van der Waals surface area contributed by atoms with Gasteiger partial charge in [0.2, 0.25) is 0 Å². The minimum atomic E-state index is 0.0901. The quantitative estimate of drug-likeness (QED) is 0.854. The first-order valence-corrected chi connectivity index (χ1v) is 5.12. The van der Waals surface area contributed by atoms with Crippen LogP contribution in [0.3, 0.4) is 0 Å². The lowest BCUT2D eigenvalue weighted by Crippen LogP contribution is -1.85. The zero-order valence-electron chi connectivity index (χ0n) is 9.34. The number of hydrogen-bond donors (Lipinski definition) is 1. The maximum absolute atomic E-state index is 9.69. The number of aromatic hydroxyl groups is 1. The summed E-state index contributed by atoms with van der Waals surface area (Å²) in [4.78, 5) is 0. The summed E-state index contributed by atoms with van der Waals surface area (Å²) in [5.74, 6) is 0.526. The molecule has 0 aromatic heterocycles. The molecule has 84 valence electrons. The lowest BCUT2D eigenvalue weighted by molar-refractivity contribution is 0.373. The molecule has 0 bridgehead atoms. The van der Waals surface area contributed by atoms with Crippen LogP contribution in [-0.4, -0.2) is 12.2 Å². The predicted molar refractivity (Wildman–Crippen MR) is 64.8 cm³/mol. The van der Waals surface area contributed by atoms with E-state index in [4.69, 9.17) is 10.00 Å². The average Bonchev–Trinajstić information content (AvgIpc) is 2.38. The second-order valence-corrected chi connectivity index (χ2v) is 3.58. The number of methoxy groups -OCH3 is 1. The van der Waals surface area contributed by atoms with Crippen LogP contribution in [0.5, 0.6) is 11.5 Å². The normalized spacial score (nSPS) is 9.65. The van der Waals surface area contributed by atoms with Crippen LogP contribution in [-0.2, 0) is 0 Å². The van der Waals surface area contributed by atoms with Crippen LogP contribution in [0.4, 0.5) is 0 Å². The van der Waals surface area contributed by atoms with E-state index in [-0.39, 0.29) is 5.75 Å². The molecule has 3 heteroatoms. The third-order valence-electron chi connectivity index (χ3n) is 2.50. The topological polar surface area (TPSA) is 53.2 Å². The molecule has 2 aromatic rings. The van der Waals surface area contributed by atoms with Crippen LogP contribution in [0.1, 0.15) is 5.56 Å². The number of nitrogens with zero attached hydrogens (tertiary/aromatic N) is 1. The van der Waals surface area contributed by atoms with Crippen LogP contribution < -0.4 is 4.74 Å². The van der Waals surface area contributed by atoms with Gasteiger partial charge in [0.05, 0.1) is 18.7 Å². The van der Waals surface area contributed by atoms with Gasteiger partial charge in [0, 0.05) is 0 Å². The lowest BCUT2D eigenvalue weighted by atomic mass is 10.0. The summed E-state index contributed by atoms with van der Waals surface area (Å²) in [6, 6.07) is 14.5. The second kappa shape index (κ2) is 4.58. The van der Waals surface area contributed by atoms with Gasteiger partial charge in [-0.05, 0) is 35.4 Å². The molecule has 0 aliphatic rings. The zero-order chi connectivity index (χ0) is 12.3. The van der Waals surface area contributed by atoms with Crippen molar-refractivity contribution in [2.24, 2.45) is 0 Å². The van der Waals surface area contributed by atoms with E-state index in [1.54, 1.807) is 24.3 Å². The van der Waals surface area contributed by atoms with Gasteiger partial charge in [-0.15, -0.1) is 0 Å². The molecule has 2 aromatic carbocycles. The highest BCUT2D eigenvalue weighted by Crippen LogP contribution is 2.31. The predicted octanol–water partition coefficient (Wildman–Crippen LogP) is 2.94. The van der Waals surface area contributed by atoms with E-state index in [1.165, 1.54) is 7.11 Å². The SMILES string of the molecule is COc1ccc(-c2cccc(C#N)c2)cc1O. The molecule has 0 atom stereocenters. The number of hydrogen-bond acceptors (Lipinski definition) is 3. The highest BCUT2D eigenvalue weighted by atomic mass is 16.5. The number of benzene rings is 2. The Morgan fingerprint density at radius 1 is 1.12 bits per heavy atom. The molecule has 0 heterocycles. The Morgan fingerprint density at radius 2 is 1.88 bits per heavy atom. The van der Waals surface area contributed by atoms with Gasteiger partial charge in [0.25, 0.3) is 0 Å². The molecule has 0 saturated heterocycles. The van der Waals surface area contributed by atoms with E-state index in [2.05, 4.69) is 6.07 Å². The number of phenols is 1. The highest BCUT2D eigenvalue weighted by Gasteiger charge is 2.04. The summed E-state index contributed by atoms with van der Waals surface area (Å²) in [5.41, 5.74) is 2.33. The molecular formula is C14H11NO2. The fourth-order valence-corrected chi connectivity index (χ4v) is 1.64. The van der Waals surface area contributed by atoms with Gasteiger partial charge in [-0.3, -0.25) is 0 Å². The van der Waals surface area contributed by atoms with Gasteiger partial charge in [-0.2, -0.15) is 5.26 Å². The maximum atomic E-state index is 9.69. The molecule has 3 nitrogen and oxygen atoms in total. The first-order chi connectivity index (χ1) is 8.24. The average molecular weight is 225 g/mol. The van der Waals surface area contributed by atoms with E-state index in [0.29, 0.717) is 11.3 Å². The molecule has 0 radical (unpaired) electrons. The summed E-state index contributed by atoms with van der Waals surface area (Å²) in [7, 11) is 1.50. The molecule has 0 spiro atoms. The van der Waals surface area contributed by atoms with Crippen molar-refractivity contribution in [3.63, 3.8) is 0 Å². The third kappa shape index (κ3) is 2.21. The molecule has 1 N–H and O–H groups in total. The lowest BCUT2D eigenvalue weighted by Gasteiger charge is -2.06. The molecule has 0 aliphatic heterocycles. The van der Waals surface area contributed by atoms with E-state index < -0.39 is 0 Å². The maximum Gasteiger partial charge on any atom is 0.160 e. The zero-order valence-corrected chi connectivity index (χ0v) is 9.34. The van der Waals surface area contributed by atoms with Crippen molar-refractivity contribution in [1.82, 2.24) is 0 Å². The Labute approximate surface area is 99.5 Å². The van der Waals surface area contributed by atoms with Crippen molar-refractivity contribution < 1.29 is 9.84 Å². The summed E-state index contributed by atoms with van der Waals surface area (Å²) in [6.45, 7) is 0. The van der Waals surface area contributed by atoms with Crippen LogP contribution in [0, 0.1) is 11.3 Å².